The van der Waals surface area contributed by atoms with E-state index in [1.165, 1.54) is 13.0 Å². The van der Waals surface area contributed by atoms with Gasteiger partial charge in [-0.1, -0.05) is 12.8 Å². The number of carbonyl (C=O) groups excluding carboxylic acids is 2. The van der Waals surface area contributed by atoms with E-state index >= 15 is 0 Å². The average molecular weight is 379 g/mol. The van der Waals surface area contributed by atoms with Gasteiger partial charge in [-0.3, -0.25) is 9.59 Å². The van der Waals surface area contributed by atoms with Crippen molar-refractivity contribution in [3.8, 4) is 0 Å². The Bertz CT molecular complexity index is 799. The molecule has 1 saturated heterocycles. The molecule has 1 N–H and O–H groups in total. The molecular weight excluding hydrogens is 354 g/mol. The summed E-state index contributed by atoms with van der Waals surface area (Å²) in [5.41, 5.74) is 1.60. The first-order chi connectivity index (χ1) is 12.4. The van der Waals surface area contributed by atoms with Crippen molar-refractivity contribution in [2.75, 3.05) is 31.1 Å². The number of rotatable bonds is 4. The molecule has 1 aromatic rings. The lowest BCUT2D eigenvalue weighted by Gasteiger charge is -2.20. The molecule has 3 rings (SSSR count). The SMILES string of the molecule is CC(=O)N1CCc2cc(S(=O)(=O)NCC(=O)N3CCCCCC3)ccc21. The lowest BCUT2D eigenvalue weighted by molar-refractivity contribution is -0.129. The zero-order chi connectivity index (χ0) is 18.7. The predicted octanol–water partition coefficient (Wildman–Crippen LogP) is 1.28. The van der Waals surface area contributed by atoms with Crippen LogP contribution in [0.25, 0.3) is 0 Å². The minimum Gasteiger partial charge on any atom is -0.342 e. The highest BCUT2D eigenvalue weighted by Crippen LogP contribution is 2.30. The van der Waals surface area contributed by atoms with Gasteiger partial charge in [-0.2, -0.15) is 0 Å². The number of hydrogen-bond acceptors (Lipinski definition) is 4. The van der Waals surface area contributed by atoms with Gasteiger partial charge in [0, 0.05) is 32.2 Å². The highest BCUT2D eigenvalue weighted by atomic mass is 32.2. The molecule has 1 aromatic carbocycles. The summed E-state index contributed by atoms with van der Waals surface area (Å²) in [4.78, 5) is 27.4. The monoisotopic (exact) mass is 379 g/mol. The van der Waals surface area contributed by atoms with E-state index in [9.17, 15) is 18.0 Å². The van der Waals surface area contributed by atoms with Crippen LogP contribution < -0.4 is 9.62 Å². The van der Waals surface area contributed by atoms with Gasteiger partial charge < -0.3 is 9.80 Å². The third-order valence-electron chi connectivity index (χ3n) is 5.01. The summed E-state index contributed by atoms with van der Waals surface area (Å²) < 4.78 is 27.5. The molecule has 0 unspecified atom stereocenters. The molecule has 142 valence electrons. The van der Waals surface area contributed by atoms with Crippen molar-refractivity contribution >= 4 is 27.5 Å². The Morgan fingerprint density at radius 1 is 1.08 bits per heavy atom. The van der Waals surface area contributed by atoms with Gasteiger partial charge >= 0.3 is 0 Å². The van der Waals surface area contributed by atoms with Gasteiger partial charge in [-0.05, 0) is 43.0 Å². The number of fused-ring (bicyclic) bond motifs is 1. The Hall–Kier alpha value is -1.93. The fourth-order valence-corrected chi connectivity index (χ4v) is 4.57. The van der Waals surface area contributed by atoms with Gasteiger partial charge in [0.15, 0.2) is 0 Å². The van der Waals surface area contributed by atoms with Crippen LogP contribution in [0.5, 0.6) is 0 Å². The highest BCUT2D eigenvalue weighted by Gasteiger charge is 2.25. The number of hydrogen-bond donors (Lipinski definition) is 1. The van der Waals surface area contributed by atoms with Crippen LogP contribution in [0, 0.1) is 0 Å². The second-order valence-corrected chi connectivity index (χ2v) is 8.60. The number of anilines is 1. The first-order valence-electron chi connectivity index (χ1n) is 9.07. The molecule has 0 aliphatic carbocycles. The van der Waals surface area contributed by atoms with Crippen molar-refractivity contribution in [3.63, 3.8) is 0 Å². The molecule has 0 spiro atoms. The van der Waals surface area contributed by atoms with Gasteiger partial charge in [-0.25, -0.2) is 13.1 Å². The summed E-state index contributed by atoms with van der Waals surface area (Å²) in [5.74, 6) is -0.236. The standard InChI is InChI=1S/C18H25N3O4S/c1-14(22)21-11-8-15-12-16(6-7-17(15)21)26(24,25)19-13-18(23)20-9-4-2-3-5-10-20/h6-7,12,19H,2-5,8-11,13H2,1H3. The smallest absolute Gasteiger partial charge is 0.241 e. The molecule has 0 radical (unpaired) electrons. The molecule has 2 amide bonds. The van der Waals surface area contributed by atoms with Crippen molar-refractivity contribution in [1.82, 2.24) is 9.62 Å². The number of nitrogens with one attached hydrogen (secondary N) is 1. The molecule has 7 nitrogen and oxygen atoms in total. The Kier molecular flexibility index (Phi) is 5.62. The minimum absolute atomic E-state index is 0.0551. The molecule has 0 bridgehead atoms. The molecule has 2 heterocycles. The molecule has 0 saturated carbocycles. The summed E-state index contributed by atoms with van der Waals surface area (Å²) >= 11 is 0. The van der Waals surface area contributed by atoms with E-state index in [1.807, 2.05) is 0 Å². The summed E-state index contributed by atoms with van der Waals surface area (Å²) in [5, 5.41) is 0. The maximum atomic E-state index is 12.5. The number of sulfonamides is 1. The van der Waals surface area contributed by atoms with E-state index in [-0.39, 0.29) is 23.3 Å². The first kappa shape index (κ1) is 18.8. The van der Waals surface area contributed by atoms with Crippen LogP contribution in [-0.2, 0) is 26.0 Å². The van der Waals surface area contributed by atoms with E-state index in [0.29, 0.717) is 26.1 Å². The maximum Gasteiger partial charge on any atom is 0.241 e. The van der Waals surface area contributed by atoms with Gasteiger partial charge in [0.2, 0.25) is 21.8 Å². The number of carbonyl (C=O) groups is 2. The van der Waals surface area contributed by atoms with Crippen molar-refractivity contribution in [3.05, 3.63) is 23.8 Å². The lowest BCUT2D eigenvalue weighted by Crippen LogP contribution is -2.40. The number of likely N-dealkylation sites (tertiary alicyclic amines) is 1. The van der Waals surface area contributed by atoms with E-state index in [1.54, 1.807) is 21.9 Å². The quantitative estimate of drug-likeness (QED) is 0.854. The van der Waals surface area contributed by atoms with Crippen LogP contribution in [0.3, 0.4) is 0 Å². The summed E-state index contributed by atoms with van der Waals surface area (Å²) in [6.07, 6.45) is 4.79. The normalized spacial score (nSPS) is 17.7. The Morgan fingerprint density at radius 3 is 2.42 bits per heavy atom. The second-order valence-electron chi connectivity index (χ2n) is 6.83. The number of benzene rings is 1. The van der Waals surface area contributed by atoms with Crippen LogP contribution >= 0.6 is 0 Å². The van der Waals surface area contributed by atoms with Gasteiger partial charge in [0.1, 0.15) is 0 Å². The molecule has 0 aromatic heterocycles. The zero-order valence-corrected chi connectivity index (χ0v) is 15.8. The second kappa shape index (κ2) is 7.75. The van der Waals surface area contributed by atoms with Crippen LogP contribution in [0.4, 0.5) is 5.69 Å². The highest BCUT2D eigenvalue weighted by molar-refractivity contribution is 7.89. The fourth-order valence-electron chi connectivity index (χ4n) is 3.54. The largest absolute Gasteiger partial charge is 0.342 e. The summed E-state index contributed by atoms with van der Waals surface area (Å²) in [6.45, 7) is 3.23. The van der Waals surface area contributed by atoms with Crippen LogP contribution in [0.15, 0.2) is 23.1 Å². The van der Waals surface area contributed by atoms with E-state index < -0.39 is 10.0 Å². The molecule has 1 fully saturated rings. The third-order valence-corrected chi connectivity index (χ3v) is 6.41. The molecule has 0 atom stereocenters. The maximum absolute atomic E-state index is 12.5. The van der Waals surface area contributed by atoms with Gasteiger partial charge in [0.05, 0.1) is 11.4 Å². The summed E-state index contributed by atoms with van der Waals surface area (Å²) in [7, 11) is -3.76. The van der Waals surface area contributed by atoms with Gasteiger partial charge in [-0.15, -0.1) is 0 Å². The first-order valence-corrected chi connectivity index (χ1v) is 10.6. The Balaban J connectivity index is 1.67. The zero-order valence-electron chi connectivity index (χ0n) is 15.0. The predicted molar refractivity (Wildman–Crippen MR) is 98.4 cm³/mol. The lowest BCUT2D eigenvalue weighted by atomic mass is 10.2. The third kappa shape index (κ3) is 4.07. The van der Waals surface area contributed by atoms with Crippen LogP contribution in [0.1, 0.15) is 38.2 Å². The number of amides is 2. The summed E-state index contributed by atoms with van der Waals surface area (Å²) in [6, 6.07) is 4.74. The molecular formula is C18H25N3O4S. The van der Waals surface area contributed by atoms with Crippen molar-refractivity contribution in [1.29, 1.82) is 0 Å². The minimum atomic E-state index is -3.76. The molecule has 2 aliphatic rings. The fraction of sp³-hybridized carbons (Fsp3) is 0.556. The number of nitrogens with zero attached hydrogens (tertiary/aromatic N) is 2. The Morgan fingerprint density at radius 2 is 1.77 bits per heavy atom. The molecule has 26 heavy (non-hydrogen) atoms. The van der Waals surface area contributed by atoms with E-state index in [2.05, 4.69) is 4.72 Å². The van der Waals surface area contributed by atoms with E-state index in [4.69, 9.17) is 0 Å². The molecule has 2 aliphatic heterocycles. The van der Waals surface area contributed by atoms with Crippen LogP contribution in [0.2, 0.25) is 0 Å². The van der Waals surface area contributed by atoms with Crippen molar-refractivity contribution < 1.29 is 18.0 Å². The van der Waals surface area contributed by atoms with E-state index in [0.717, 1.165) is 36.9 Å². The Labute approximate surface area is 154 Å². The van der Waals surface area contributed by atoms with Crippen molar-refractivity contribution in [2.45, 2.75) is 43.9 Å². The van der Waals surface area contributed by atoms with Crippen molar-refractivity contribution in [2.24, 2.45) is 0 Å². The topological polar surface area (TPSA) is 86.8 Å². The van der Waals surface area contributed by atoms with Crippen LogP contribution in [-0.4, -0.2) is 51.3 Å². The van der Waals surface area contributed by atoms with Gasteiger partial charge in [0.25, 0.3) is 0 Å². The molecule has 8 heteroatoms. The average Bonchev–Trinajstić information content (AvgIpc) is 2.85.